The van der Waals surface area contributed by atoms with Crippen LogP contribution < -0.4 is 16.4 Å². The van der Waals surface area contributed by atoms with Crippen LogP contribution in [0.1, 0.15) is 46.5 Å². The first kappa shape index (κ1) is 26.3. The Balaban J connectivity index is 2.96. The molecule has 12 heteroatoms. The van der Waals surface area contributed by atoms with Crippen molar-refractivity contribution in [2.24, 2.45) is 11.7 Å². The lowest BCUT2D eigenvalue weighted by Crippen LogP contribution is -2.60. The van der Waals surface area contributed by atoms with Gasteiger partial charge in [0.15, 0.2) is 0 Å². The number of aliphatic hydroxyl groups excluding tert-OH is 1. The summed E-state index contributed by atoms with van der Waals surface area (Å²) < 4.78 is 0. The van der Waals surface area contributed by atoms with E-state index in [0.29, 0.717) is 12.8 Å². The molecule has 1 saturated heterocycles. The summed E-state index contributed by atoms with van der Waals surface area (Å²) in [4.78, 5) is 61.3. The van der Waals surface area contributed by atoms with Crippen LogP contribution in [-0.4, -0.2) is 86.7 Å². The van der Waals surface area contributed by atoms with Gasteiger partial charge in [0.2, 0.25) is 17.7 Å². The summed E-state index contributed by atoms with van der Waals surface area (Å²) in [6.07, 6.45) is -1.15. The van der Waals surface area contributed by atoms with Crippen molar-refractivity contribution in [3.05, 3.63) is 0 Å². The van der Waals surface area contributed by atoms with Gasteiger partial charge in [0, 0.05) is 6.54 Å². The molecule has 1 heterocycles. The number of hydrogen-bond acceptors (Lipinski definition) is 7. The highest BCUT2D eigenvalue weighted by Gasteiger charge is 2.40. The smallest absolute Gasteiger partial charge is 0.326 e. The molecule has 1 rings (SSSR count). The number of nitrogens with one attached hydrogen (secondary N) is 2. The zero-order valence-electron chi connectivity index (χ0n) is 17.9. The highest BCUT2D eigenvalue weighted by atomic mass is 16.4. The van der Waals surface area contributed by atoms with Gasteiger partial charge >= 0.3 is 11.9 Å². The number of aliphatic hydroxyl groups is 1. The Morgan fingerprint density at radius 2 is 1.68 bits per heavy atom. The summed E-state index contributed by atoms with van der Waals surface area (Å²) in [5.74, 6) is -5.00. The topological polar surface area (TPSA) is 199 Å². The number of aliphatic carboxylic acids is 2. The van der Waals surface area contributed by atoms with Gasteiger partial charge in [-0.3, -0.25) is 19.2 Å². The summed E-state index contributed by atoms with van der Waals surface area (Å²) in [6.45, 7) is 5.07. The molecule has 0 aromatic carbocycles. The summed E-state index contributed by atoms with van der Waals surface area (Å²) in [5, 5.41) is 32.9. The molecule has 3 amide bonds. The summed E-state index contributed by atoms with van der Waals surface area (Å²) in [5.41, 5.74) is 5.77. The first-order valence-electron chi connectivity index (χ1n) is 10.1. The number of nitrogens with two attached hydrogens (primary N) is 1. The van der Waals surface area contributed by atoms with Crippen molar-refractivity contribution < 1.29 is 39.3 Å². The molecule has 0 aliphatic carbocycles. The molecule has 176 valence electrons. The Labute approximate surface area is 180 Å². The van der Waals surface area contributed by atoms with Crippen molar-refractivity contribution >= 4 is 29.7 Å². The maximum Gasteiger partial charge on any atom is 0.326 e. The summed E-state index contributed by atoms with van der Waals surface area (Å²) in [7, 11) is 0. The highest BCUT2D eigenvalue weighted by Crippen LogP contribution is 2.19. The van der Waals surface area contributed by atoms with Crippen LogP contribution in [0, 0.1) is 5.92 Å². The minimum Gasteiger partial charge on any atom is -0.481 e. The highest BCUT2D eigenvalue weighted by molar-refractivity contribution is 5.96. The molecule has 0 aromatic rings. The second-order valence-electron chi connectivity index (χ2n) is 8.15. The minimum atomic E-state index is -1.54. The SMILES string of the molecule is CC(C)CC(N)C(=O)NC(CC(=O)O)C(=O)NC(C(=O)N1CCCC1C(=O)O)C(C)O. The van der Waals surface area contributed by atoms with Crippen molar-refractivity contribution in [1.82, 2.24) is 15.5 Å². The zero-order valence-corrected chi connectivity index (χ0v) is 17.9. The van der Waals surface area contributed by atoms with Crippen LogP contribution in [0.4, 0.5) is 0 Å². The van der Waals surface area contributed by atoms with Gasteiger partial charge in [0.1, 0.15) is 18.1 Å². The molecule has 31 heavy (non-hydrogen) atoms. The molecule has 1 aliphatic rings. The van der Waals surface area contributed by atoms with E-state index >= 15 is 0 Å². The fourth-order valence-corrected chi connectivity index (χ4v) is 3.39. The van der Waals surface area contributed by atoms with Crippen molar-refractivity contribution in [1.29, 1.82) is 0 Å². The van der Waals surface area contributed by atoms with Crippen molar-refractivity contribution in [3.8, 4) is 0 Å². The minimum absolute atomic E-state index is 0.0902. The number of likely N-dealkylation sites (tertiary alicyclic amines) is 1. The predicted molar refractivity (Wildman–Crippen MR) is 108 cm³/mol. The third-order valence-corrected chi connectivity index (χ3v) is 4.94. The molecule has 1 aliphatic heterocycles. The Morgan fingerprint density at radius 1 is 1.06 bits per heavy atom. The second-order valence-corrected chi connectivity index (χ2v) is 8.15. The summed E-state index contributed by atoms with van der Waals surface area (Å²) in [6, 6.07) is -5.08. The lowest BCUT2D eigenvalue weighted by atomic mass is 10.0. The van der Waals surface area contributed by atoms with E-state index in [1.54, 1.807) is 0 Å². The second kappa shape index (κ2) is 11.6. The fourth-order valence-electron chi connectivity index (χ4n) is 3.39. The molecule has 0 radical (unpaired) electrons. The molecule has 0 saturated carbocycles. The molecule has 12 nitrogen and oxygen atoms in total. The molecule has 0 aromatic heterocycles. The van der Waals surface area contributed by atoms with E-state index in [2.05, 4.69) is 10.6 Å². The van der Waals surface area contributed by atoms with Crippen molar-refractivity contribution in [2.75, 3.05) is 6.54 Å². The Bertz CT molecular complexity index is 696. The largest absolute Gasteiger partial charge is 0.481 e. The maximum absolute atomic E-state index is 12.8. The summed E-state index contributed by atoms with van der Waals surface area (Å²) >= 11 is 0. The lowest BCUT2D eigenvalue weighted by molar-refractivity contribution is -0.151. The number of amides is 3. The van der Waals surface area contributed by atoms with Crippen LogP contribution in [0.5, 0.6) is 0 Å². The number of carbonyl (C=O) groups is 5. The van der Waals surface area contributed by atoms with Gasteiger partial charge in [-0.15, -0.1) is 0 Å². The molecule has 0 bridgehead atoms. The number of carboxylic acid groups (broad SMARTS) is 2. The monoisotopic (exact) mass is 444 g/mol. The average molecular weight is 444 g/mol. The van der Waals surface area contributed by atoms with Gasteiger partial charge in [0.05, 0.1) is 18.6 Å². The predicted octanol–water partition coefficient (Wildman–Crippen LogP) is -1.74. The van der Waals surface area contributed by atoms with Gasteiger partial charge in [0.25, 0.3) is 0 Å². The van der Waals surface area contributed by atoms with E-state index in [1.165, 1.54) is 6.92 Å². The Morgan fingerprint density at radius 3 is 2.16 bits per heavy atom. The van der Waals surface area contributed by atoms with Crippen LogP contribution in [0.3, 0.4) is 0 Å². The number of carbonyl (C=O) groups excluding carboxylic acids is 3. The third-order valence-electron chi connectivity index (χ3n) is 4.94. The third kappa shape index (κ3) is 7.79. The number of carboxylic acids is 2. The van der Waals surface area contributed by atoms with E-state index in [0.717, 1.165) is 4.90 Å². The van der Waals surface area contributed by atoms with Gasteiger partial charge in [-0.05, 0) is 32.1 Å². The van der Waals surface area contributed by atoms with E-state index in [-0.39, 0.29) is 18.9 Å². The van der Waals surface area contributed by atoms with Crippen molar-refractivity contribution in [3.63, 3.8) is 0 Å². The first-order chi connectivity index (χ1) is 14.3. The number of rotatable bonds is 11. The fraction of sp³-hybridized carbons (Fsp3) is 0.737. The van der Waals surface area contributed by atoms with Crippen LogP contribution >= 0.6 is 0 Å². The van der Waals surface area contributed by atoms with E-state index < -0.39 is 66.4 Å². The maximum atomic E-state index is 12.8. The van der Waals surface area contributed by atoms with E-state index in [4.69, 9.17) is 10.8 Å². The van der Waals surface area contributed by atoms with E-state index in [9.17, 15) is 34.2 Å². The Hall–Kier alpha value is -2.73. The normalized spacial score (nSPS) is 19.9. The number of hydrogen-bond donors (Lipinski definition) is 6. The molecule has 5 unspecified atom stereocenters. The number of nitrogens with zero attached hydrogens (tertiary/aromatic N) is 1. The molecular formula is C19H32N4O8. The van der Waals surface area contributed by atoms with Crippen LogP contribution in [0.25, 0.3) is 0 Å². The van der Waals surface area contributed by atoms with Gasteiger partial charge in [-0.1, -0.05) is 13.8 Å². The standard InChI is InChI=1S/C19H32N4O8/c1-9(2)7-11(20)16(27)21-12(8-14(25)26)17(28)22-15(10(3)24)18(29)23-6-4-5-13(23)19(30)31/h9-13,15,24H,4-8,20H2,1-3H3,(H,21,27)(H,22,28)(H,25,26)(H,30,31). The zero-order chi connectivity index (χ0) is 23.9. The molecule has 0 spiro atoms. The molecule has 7 N–H and O–H groups in total. The molecular weight excluding hydrogens is 412 g/mol. The quantitative estimate of drug-likeness (QED) is 0.214. The van der Waals surface area contributed by atoms with Crippen LogP contribution in [0.2, 0.25) is 0 Å². The van der Waals surface area contributed by atoms with Gasteiger partial charge in [-0.2, -0.15) is 0 Å². The van der Waals surface area contributed by atoms with Crippen LogP contribution in [0.15, 0.2) is 0 Å². The average Bonchev–Trinajstić information content (AvgIpc) is 3.13. The van der Waals surface area contributed by atoms with Crippen LogP contribution in [-0.2, 0) is 24.0 Å². The lowest BCUT2D eigenvalue weighted by Gasteiger charge is -2.30. The Kier molecular flexibility index (Phi) is 9.85. The van der Waals surface area contributed by atoms with E-state index in [1.807, 2.05) is 13.8 Å². The van der Waals surface area contributed by atoms with Gasteiger partial charge < -0.3 is 36.6 Å². The van der Waals surface area contributed by atoms with Gasteiger partial charge in [-0.25, -0.2) is 4.79 Å². The molecule has 1 fully saturated rings. The molecule has 5 atom stereocenters. The first-order valence-corrected chi connectivity index (χ1v) is 10.1. The van der Waals surface area contributed by atoms with Crippen molar-refractivity contribution in [2.45, 2.75) is 76.7 Å².